The van der Waals surface area contributed by atoms with Crippen LogP contribution in [0.1, 0.15) is 36.4 Å². The quantitative estimate of drug-likeness (QED) is 0.664. The minimum atomic E-state index is -1.74. The Morgan fingerprint density at radius 1 is 1.34 bits per heavy atom. The number of anilines is 1. The minimum absolute atomic E-state index is 0.146. The smallest absolute Gasteiger partial charge is 0.412 e. The van der Waals surface area contributed by atoms with Crippen LogP contribution in [0.15, 0.2) is 24.3 Å². The molecule has 1 heterocycles. The summed E-state index contributed by atoms with van der Waals surface area (Å²) in [4.78, 5) is 13.3. The molecule has 29 heavy (non-hydrogen) atoms. The van der Waals surface area contributed by atoms with Gasteiger partial charge in [0.2, 0.25) is 0 Å². The van der Waals surface area contributed by atoms with Crippen LogP contribution in [0, 0.1) is 25.2 Å². The molecule has 156 valence electrons. The van der Waals surface area contributed by atoms with E-state index in [1.54, 1.807) is 18.2 Å². The van der Waals surface area contributed by atoms with E-state index in [4.69, 9.17) is 9.69 Å². The van der Waals surface area contributed by atoms with Crippen LogP contribution in [0.2, 0.25) is 19.6 Å². The molecule has 0 saturated heterocycles. The van der Waals surface area contributed by atoms with Crippen molar-refractivity contribution in [2.45, 2.75) is 66.0 Å². The number of carboxylic acid groups (broad SMARTS) is 1. The minimum Gasteiger partial charge on any atom is -0.465 e. The summed E-state index contributed by atoms with van der Waals surface area (Å²) in [5.41, 5.74) is 2.82. The summed E-state index contributed by atoms with van der Waals surface area (Å²) in [6.07, 6.45) is -1.06. The van der Waals surface area contributed by atoms with E-state index < -0.39 is 20.0 Å². The van der Waals surface area contributed by atoms with Crippen LogP contribution in [0.3, 0.4) is 0 Å². The van der Waals surface area contributed by atoms with Gasteiger partial charge >= 0.3 is 6.09 Å². The monoisotopic (exact) mass is 414 g/mol. The van der Waals surface area contributed by atoms with Crippen LogP contribution in [0.4, 0.5) is 10.5 Å². The van der Waals surface area contributed by atoms with Crippen molar-refractivity contribution in [3.05, 3.63) is 46.8 Å². The molecular formula is C21H30N4O3Si. The van der Waals surface area contributed by atoms with Crippen molar-refractivity contribution in [3.8, 4) is 6.07 Å². The summed E-state index contributed by atoms with van der Waals surface area (Å²) < 4.78 is 8.11. The molecule has 0 aliphatic rings. The van der Waals surface area contributed by atoms with E-state index >= 15 is 0 Å². The summed E-state index contributed by atoms with van der Waals surface area (Å²) in [6, 6.07) is 9.06. The Balaban J connectivity index is 2.36. The highest BCUT2D eigenvalue weighted by molar-refractivity contribution is 6.69. The average Bonchev–Trinajstić information content (AvgIpc) is 2.83. The Hall–Kier alpha value is -2.63. The molecule has 1 N–H and O–H groups in total. The molecule has 0 bridgehead atoms. The predicted molar refractivity (Wildman–Crippen MR) is 116 cm³/mol. The largest absolute Gasteiger partial charge is 0.465 e. The summed E-state index contributed by atoms with van der Waals surface area (Å²) in [5.74, 6) is 0. The second-order valence-electron chi connectivity index (χ2n) is 8.83. The molecule has 1 amide bonds. The molecule has 1 aromatic carbocycles. The van der Waals surface area contributed by atoms with Crippen LogP contribution >= 0.6 is 0 Å². The summed E-state index contributed by atoms with van der Waals surface area (Å²) in [6.45, 7) is 14.9. The van der Waals surface area contributed by atoms with Gasteiger partial charge in [-0.05, 0) is 65.0 Å². The van der Waals surface area contributed by atoms with Gasteiger partial charge in [-0.1, -0.05) is 12.1 Å². The Kier molecular flexibility index (Phi) is 6.55. The number of amides is 1. The zero-order chi connectivity index (χ0) is 22.0. The molecule has 0 fully saturated rings. The summed E-state index contributed by atoms with van der Waals surface area (Å²) in [5, 5.41) is 23.6. The van der Waals surface area contributed by atoms with E-state index in [-0.39, 0.29) is 6.54 Å². The first-order valence-corrected chi connectivity index (χ1v) is 13.0. The van der Waals surface area contributed by atoms with Crippen molar-refractivity contribution in [1.29, 1.82) is 5.26 Å². The van der Waals surface area contributed by atoms with Crippen LogP contribution in [-0.4, -0.2) is 34.9 Å². The fourth-order valence-electron chi connectivity index (χ4n) is 3.62. The fourth-order valence-corrected chi connectivity index (χ4v) is 5.34. The van der Waals surface area contributed by atoms with Crippen molar-refractivity contribution >= 4 is 20.1 Å². The van der Waals surface area contributed by atoms with Crippen LogP contribution in [0.25, 0.3) is 0 Å². The van der Waals surface area contributed by atoms with Gasteiger partial charge in [-0.15, -0.1) is 0 Å². The van der Waals surface area contributed by atoms with Gasteiger partial charge in [0.05, 0.1) is 47.4 Å². The number of hydrogen-bond acceptors (Lipinski definition) is 4. The lowest BCUT2D eigenvalue weighted by atomic mass is 10.1. The van der Waals surface area contributed by atoms with Gasteiger partial charge < -0.3 is 9.53 Å². The standard InChI is InChI=1S/C21H30N4O3Si/c1-15-19(16(2)25(23-15)14-21(3,4)28-29(5,6)7)24(20(26)27)13-18-10-8-9-17(11-18)12-22/h8-11H,13-14H2,1-7H3,(H,26,27). The molecule has 0 radical (unpaired) electrons. The molecule has 1 aromatic heterocycles. The average molecular weight is 415 g/mol. The van der Waals surface area contributed by atoms with E-state index in [9.17, 15) is 9.90 Å². The number of rotatable bonds is 7. The molecule has 0 atom stereocenters. The normalized spacial score (nSPS) is 11.9. The van der Waals surface area contributed by atoms with E-state index in [2.05, 4.69) is 30.8 Å². The van der Waals surface area contributed by atoms with Crippen molar-refractivity contribution in [2.75, 3.05) is 4.90 Å². The van der Waals surface area contributed by atoms with Gasteiger partial charge in [0.15, 0.2) is 8.32 Å². The molecule has 2 rings (SSSR count). The van der Waals surface area contributed by atoms with Gasteiger partial charge in [-0.25, -0.2) is 4.79 Å². The highest BCUT2D eigenvalue weighted by Crippen LogP contribution is 2.29. The second kappa shape index (κ2) is 8.39. The van der Waals surface area contributed by atoms with Crippen molar-refractivity contribution < 1.29 is 14.3 Å². The molecule has 0 spiro atoms. The lowest BCUT2D eigenvalue weighted by Crippen LogP contribution is -2.41. The third-order valence-electron chi connectivity index (χ3n) is 4.35. The number of aromatic nitrogens is 2. The van der Waals surface area contributed by atoms with Crippen molar-refractivity contribution in [1.82, 2.24) is 9.78 Å². The van der Waals surface area contributed by atoms with Gasteiger partial charge in [0, 0.05) is 0 Å². The number of benzene rings is 1. The van der Waals surface area contributed by atoms with Gasteiger partial charge in [-0.2, -0.15) is 10.4 Å². The maximum absolute atomic E-state index is 12.1. The van der Waals surface area contributed by atoms with E-state index in [0.29, 0.717) is 23.5 Å². The predicted octanol–water partition coefficient (Wildman–Crippen LogP) is 4.69. The Labute approximate surface area is 173 Å². The fraction of sp³-hybridized carbons (Fsp3) is 0.476. The van der Waals surface area contributed by atoms with Gasteiger partial charge in [0.1, 0.15) is 0 Å². The first-order chi connectivity index (χ1) is 13.3. The number of nitrogens with zero attached hydrogens (tertiary/aromatic N) is 4. The van der Waals surface area contributed by atoms with Crippen LogP contribution in [0.5, 0.6) is 0 Å². The topological polar surface area (TPSA) is 91.4 Å². The van der Waals surface area contributed by atoms with E-state index in [1.807, 2.05) is 38.4 Å². The third kappa shape index (κ3) is 5.92. The van der Waals surface area contributed by atoms with E-state index in [1.165, 1.54) is 4.90 Å². The number of hydrogen-bond donors (Lipinski definition) is 1. The molecule has 0 saturated carbocycles. The van der Waals surface area contributed by atoms with Crippen LogP contribution in [-0.2, 0) is 17.5 Å². The first-order valence-electron chi connectivity index (χ1n) is 9.56. The SMILES string of the molecule is Cc1nn(CC(C)(C)O[Si](C)(C)C)c(C)c1N(Cc1cccc(C#N)c1)C(=O)O. The van der Waals surface area contributed by atoms with Gasteiger partial charge in [0.25, 0.3) is 0 Å². The molecule has 0 aliphatic heterocycles. The number of nitriles is 1. The highest BCUT2D eigenvalue weighted by Gasteiger charge is 2.30. The highest BCUT2D eigenvalue weighted by atomic mass is 28.4. The molecular weight excluding hydrogens is 384 g/mol. The van der Waals surface area contributed by atoms with Crippen molar-refractivity contribution in [2.24, 2.45) is 0 Å². The first kappa shape index (κ1) is 22.7. The van der Waals surface area contributed by atoms with E-state index in [0.717, 1.165) is 11.3 Å². The summed E-state index contributed by atoms with van der Waals surface area (Å²) >= 11 is 0. The maximum Gasteiger partial charge on any atom is 0.412 e. The Morgan fingerprint density at radius 2 is 2.00 bits per heavy atom. The molecule has 0 aliphatic carbocycles. The lowest BCUT2D eigenvalue weighted by Gasteiger charge is -2.33. The number of aryl methyl sites for hydroxylation is 1. The van der Waals surface area contributed by atoms with Crippen LogP contribution < -0.4 is 4.90 Å². The molecule has 8 heteroatoms. The third-order valence-corrected chi connectivity index (χ3v) is 5.52. The lowest BCUT2D eigenvalue weighted by molar-refractivity contribution is 0.0765. The molecule has 2 aromatic rings. The van der Waals surface area contributed by atoms with Crippen molar-refractivity contribution in [3.63, 3.8) is 0 Å². The second-order valence-corrected chi connectivity index (χ2v) is 13.3. The number of carbonyl (C=O) groups is 1. The zero-order valence-corrected chi connectivity index (χ0v) is 19.3. The maximum atomic E-state index is 12.1. The van der Waals surface area contributed by atoms with Gasteiger partial charge in [-0.3, -0.25) is 9.58 Å². The molecule has 7 nitrogen and oxygen atoms in total. The molecule has 0 unspecified atom stereocenters. The Bertz CT molecular complexity index is 938. The Morgan fingerprint density at radius 3 is 2.55 bits per heavy atom. The zero-order valence-electron chi connectivity index (χ0n) is 18.3. The summed E-state index contributed by atoms with van der Waals surface area (Å²) in [7, 11) is -1.74.